The Kier molecular flexibility index (Phi) is 3.53. The molecule has 1 unspecified atom stereocenters. The second-order valence-corrected chi connectivity index (χ2v) is 6.49. The molecule has 0 aromatic heterocycles. The lowest BCUT2D eigenvalue weighted by molar-refractivity contribution is -0.384. The van der Waals surface area contributed by atoms with Gasteiger partial charge in [0.05, 0.1) is 11.0 Å². The first kappa shape index (κ1) is 13.6. The number of carbonyl (C=O) groups is 1. The topological polar surface area (TPSA) is 75.5 Å². The van der Waals surface area contributed by atoms with Crippen molar-refractivity contribution in [3.63, 3.8) is 0 Å². The van der Waals surface area contributed by atoms with Gasteiger partial charge in [0, 0.05) is 28.6 Å². The highest BCUT2D eigenvalue weighted by molar-refractivity contribution is 14.1. The predicted molar refractivity (Wildman–Crippen MR) is 82.6 cm³/mol. The molecule has 2 aliphatic rings. The SMILES string of the molecule is O=C1CC(Nc2ccc(I)cc2[N+](=O)[O-])CN1C1CC1. The van der Waals surface area contributed by atoms with Crippen LogP contribution in [0.4, 0.5) is 11.4 Å². The summed E-state index contributed by atoms with van der Waals surface area (Å²) in [5.41, 5.74) is 0.556. The first-order valence-corrected chi connectivity index (χ1v) is 7.62. The van der Waals surface area contributed by atoms with E-state index < -0.39 is 0 Å². The fourth-order valence-corrected chi connectivity index (χ4v) is 3.04. The Morgan fingerprint density at radius 2 is 2.15 bits per heavy atom. The number of amides is 1. The van der Waals surface area contributed by atoms with E-state index in [0.29, 0.717) is 24.7 Å². The average Bonchev–Trinajstić information content (AvgIpc) is 3.16. The van der Waals surface area contributed by atoms with E-state index in [-0.39, 0.29) is 22.6 Å². The van der Waals surface area contributed by atoms with Gasteiger partial charge in [-0.05, 0) is 47.6 Å². The minimum Gasteiger partial charge on any atom is -0.374 e. The van der Waals surface area contributed by atoms with Crippen LogP contribution in [0.15, 0.2) is 18.2 Å². The number of likely N-dealkylation sites (tertiary alicyclic amines) is 1. The zero-order valence-corrected chi connectivity index (χ0v) is 12.9. The lowest BCUT2D eigenvalue weighted by Gasteiger charge is -2.16. The fourth-order valence-electron chi connectivity index (χ4n) is 2.57. The molecule has 1 aromatic rings. The molecule has 1 saturated heterocycles. The molecular weight excluding hydrogens is 373 g/mol. The number of benzene rings is 1. The molecule has 2 fully saturated rings. The molecule has 0 radical (unpaired) electrons. The summed E-state index contributed by atoms with van der Waals surface area (Å²) >= 11 is 2.05. The van der Waals surface area contributed by atoms with E-state index in [2.05, 4.69) is 5.32 Å². The van der Waals surface area contributed by atoms with Crippen molar-refractivity contribution in [3.8, 4) is 0 Å². The van der Waals surface area contributed by atoms with Crippen LogP contribution < -0.4 is 5.32 Å². The Labute approximate surface area is 129 Å². The van der Waals surface area contributed by atoms with Crippen LogP contribution in [0.25, 0.3) is 0 Å². The monoisotopic (exact) mass is 387 g/mol. The van der Waals surface area contributed by atoms with Crippen molar-refractivity contribution in [3.05, 3.63) is 31.9 Å². The maximum atomic E-state index is 11.9. The lowest BCUT2D eigenvalue weighted by Crippen LogP contribution is -2.29. The van der Waals surface area contributed by atoms with Crippen LogP contribution in [0.5, 0.6) is 0 Å². The van der Waals surface area contributed by atoms with Gasteiger partial charge < -0.3 is 10.2 Å². The number of carbonyl (C=O) groups excluding carboxylic acids is 1. The summed E-state index contributed by atoms with van der Waals surface area (Å²) in [5, 5.41) is 14.2. The molecule has 1 atom stereocenters. The summed E-state index contributed by atoms with van der Waals surface area (Å²) in [5.74, 6) is 0.151. The van der Waals surface area contributed by atoms with E-state index in [0.717, 1.165) is 16.4 Å². The van der Waals surface area contributed by atoms with E-state index in [1.807, 2.05) is 33.6 Å². The van der Waals surface area contributed by atoms with Crippen molar-refractivity contribution in [1.29, 1.82) is 0 Å². The van der Waals surface area contributed by atoms with Crippen LogP contribution >= 0.6 is 22.6 Å². The van der Waals surface area contributed by atoms with Gasteiger partial charge in [-0.1, -0.05) is 0 Å². The molecule has 7 heteroatoms. The molecule has 20 heavy (non-hydrogen) atoms. The van der Waals surface area contributed by atoms with Gasteiger partial charge in [0.25, 0.3) is 5.69 Å². The molecule has 1 aliphatic carbocycles. The van der Waals surface area contributed by atoms with E-state index in [9.17, 15) is 14.9 Å². The fraction of sp³-hybridized carbons (Fsp3) is 0.462. The summed E-state index contributed by atoms with van der Waals surface area (Å²) in [6.07, 6.45) is 2.59. The molecule has 1 heterocycles. The first-order chi connectivity index (χ1) is 9.54. The van der Waals surface area contributed by atoms with Crippen LogP contribution in [0, 0.1) is 13.7 Å². The second-order valence-electron chi connectivity index (χ2n) is 5.24. The summed E-state index contributed by atoms with van der Waals surface area (Å²) in [6.45, 7) is 0.645. The van der Waals surface area contributed by atoms with Crippen LogP contribution in [-0.2, 0) is 4.79 Å². The number of hydrogen-bond donors (Lipinski definition) is 1. The summed E-state index contributed by atoms with van der Waals surface area (Å²) in [7, 11) is 0. The molecule has 0 bridgehead atoms. The highest BCUT2D eigenvalue weighted by atomic mass is 127. The number of rotatable bonds is 4. The molecule has 106 valence electrons. The van der Waals surface area contributed by atoms with E-state index in [1.165, 1.54) is 0 Å². The Morgan fingerprint density at radius 3 is 2.80 bits per heavy atom. The van der Waals surface area contributed by atoms with Gasteiger partial charge in [0.1, 0.15) is 5.69 Å². The highest BCUT2D eigenvalue weighted by Crippen LogP contribution is 2.33. The molecule has 1 aliphatic heterocycles. The maximum absolute atomic E-state index is 11.9. The van der Waals surface area contributed by atoms with Crippen molar-refractivity contribution in [2.75, 3.05) is 11.9 Å². The summed E-state index contributed by atoms with van der Waals surface area (Å²) < 4.78 is 0.821. The number of nitro benzene ring substituents is 1. The van der Waals surface area contributed by atoms with Gasteiger partial charge in [-0.3, -0.25) is 14.9 Å². The standard InChI is InChI=1S/C13H14IN3O3/c14-8-1-4-11(12(5-8)17(19)20)15-9-6-13(18)16(7-9)10-2-3-10/h1,4-5,9-10,15H,2-3,6-7H2. The normalized spacial score (nSPS) is 22.1. The molecule has 1 saturated carbocycles. The smallest absolute Gasteiger partial charge is 0.293 e. The quantitative estimate of drug-likeness (QED) is 0.489. The molecule has 1 amide bonds. The van der Waals surface area contributed by atoms with E-state index in [1.54, 1.807) is 12.1 Å². The number of hydrogen-bond acceptors (Lipinski definition) is 4. The van der Waals surface area contributed by atoms with Crippen LogP contribution in [0.3, 0.4) is 0 Å². The molecule has 0 spiro atoms. The number of anilines is 1. The van der Waals surface area contributed by atoms with Crippen LogP contribution in [0.1, 0.15) is 19.3 Å². The molecule has 1 aromatic carbocycles. The zero-order chi connectivity index (χ0) is 14.3. The van der Waals surface area contributed by atoms with Crippen LogP contribution in [-0.4, -0.2) is 34.4 Å². The second kappa shape index (κ2) is 5.19. The molecule has 1 N–H and O–H groups in total. The third-order valence-corrected chi connectivity index (χ3v) is 4.33. The van der Waals surface area contributed by atoms with Gasteiger partial charge in [-0.25, -0.2) is 0 Å². The van der Waals surface area contributed by atoms with Gasteiger partial charge >= 0.3 is 0 Å². The summed E-state index contributed by atoms with van der Waals surface area (Å²) in [4.78, 5) is 24.5. The van der Waals surface area contributed by atoms with Crippen molar-refractivity contribution in [2.45, 2.75) is 31.3 Å². The van der Waals surface area contributed by atoms with Crippen molar-refractivity contribution in [2.24, 2.45) is 0 Å². The van der Waals surface area contributed by atoms with E-state index in [4.69, 9.17) is 0 Å². The van der Waals surface area contributed by atoms with Gasteiger partial charge in [-0.15, -0.1) is 0 Å². The highest BCUT2D eigenvalue weighted by Gasteiger charge is 2.39. The minimum atomic E-state index is -0.389. The Hall–Kier alpha value is -1.38. The first-order valence-electron chi connectivity index (χ1n) is 6.54. The number of nitro groups is 1. The van der Waals surface area contributed by atoms with Crippen molar-refractivity contribution in [1.82, 2.24) is 4.90 Å². The minimum absolute atomic E-state index is 0.0399. The largest absolute Gasteiger partial charge is 0.374 e. The van der Waals surface area contributed by atoms with Gasteiger partial charge in [0.2, 0.25) is 5.91 Å². The van der Waals surface area contributed by atoms with E-state index >= 15 is 0 Å². The Bertz CT molecular complexity index is 574. The molecular formula is C13H14IN3O3. The number of nitrogens with zero attached hydrogens (tertiary/aromatic N) is 2. The lowest BCUT2D eigenvalue weighted by atomic mass is 10.2. The number of nitrogens with one attached hydrogen (secondary N) is 1. The zero-order valence-electron chi connectivity index (χ0n) is 10.7. The summed E-state index contributed by atoms with van der Waals surface area (Å²) in [6, 6.07) is 5.44. The predicted octanol–water partition coefficient (Wildman–Crippen LogP) is 2.37. The molecule has 3 rings (SSSR count). The van der Waals surface area contributed by atoms with Crippen molar-refractivity contribution >= 4 is 39.9 Å². The maximum Gasteiger partial charge on any atom is 0.293 e. The van der Waals surface area contributed by atoms with Gasteiger partial charge in [-0.2, -0.15) is 0 Å². The number of halogens is 1. The third-order valence-electron chi connectivity index (χ3n) is 3.66. The van der Waals surface area contributed by atoms with Gasteiger partial charge in [0.15, 0.2) is 0 Å². The van der Waals surface area contributed by atoms with Crippen LogP contribution in [0.2, 0.25) is 0 Å². The average molecular weight is 387 g/mol. The third kappa shape index (κ3) is 2.72. The Morgan fingerprint density at radius 1 is 1.40 bits per heavy atom. The van der Waals surface area contributed by atoms with Crippen molar-refractivity contribution < 1.29 is 9.72 Å². The molecule has 6 nitrogen and oxygen atoms in total. The Balaban J connectivity index is 1.75.